The summed E-state index contributed by atoms with van der Waals surface area (Å²) in [7, 11) is 0. The van der Waals surface area contributed by atoms with Crippen molar-refractivity contribution in [2.75, 3.05) is 26.4 Å². The minimum absolute atomic E-state index is 0.632. The van der Waals surface area contributed by atoms with Gasteiger partial charge in [0.05, 0.1) is 19.8 Å². The highest BCUT2D eigenvalue weighted by Crippen LogP contribution is 2.18. The summed E-state index contributed by atoms with van der Waals surface area (Å²) in [5.41, 5.74) is 0. The van der Waals surface area contributed by atoms with Crippen LogP contribution >= 0.6 is 0 Å². The lowest BCUT2D eigenvalue weighted by Gasteiger charge is -2.09. The Kier molecular flexibility index (Phi) is 17.1. The van der Waals surface area contributed by atoms with Crippen molar-refractivity contribution < 1.29 is 14.2 Å². The Balaban J connectivity index is 1.95. The van der Waals surface area contributed by atoms with Gasteiger partial charge in [-0.05, 0) is 37.1 Å². The van der Waals surface area contributed by atoms with Crippen LogP contribution in [0.1, 0.15) is 90.9 Å². The summed E-state index contributed by atoms with van der Waals surface area (Å²) in [5.74, 6) is 1.79. The van der Waals surface area contributed by atoms with Gasteiger partial charge in [0.15, 0.2) is 6.40 Å². The number of rotatable bonds is 20. The van der Waals surface area contributed by atoms with Crippen molar-refractivity contribution in [1.82, 2.24) is 0 Å². The fourth-order valence-corrected chi connectivity index (χ4v) is 3.03. The second-order valence-electron chi connectivity index (χ2n) is 7.59. The van der Waals surface area contributed by atoms with Gasteiger partial charge in [-0.1, -0.05) is 71.6 Å². The summed E-state index contributed by atoms with van der Waals surface area (Å²) in [6.45, 7) is 7.26. The minimum Gasteiger partial charge on any atom is -0.494 e. The maximum absolute atomic E-state index is 5.83. The van der Waals surface area contributed by atoms with Gasteiger partial charge >= 0.3 is 0 Å². The maximum Gasteiger partial charge on any atom is 0.169 e. The largest absolute Gasteiger partial charge is 0.494 e. The van der Waals surface area contributed by atoms with Gasteiger partial charge in [0.25, 0.3) is 0 Å². The van der Waals surface area contributed by atoms with Crippen molar-refractivity contribution in [2.45, 2.75) is 90.9 Å². The Morgan fingerprint density at radius 1 is 0.621 bits per heavy atom. The number of unbranched alkanes of at least 4 members (excludes halogenated alkanes) is 9. The van der Waals surface area contributed by atoms with E-state index in [4.69, 9.17) is 14.2 Å². The SMILES string of the molecule is CCCCCCCCCCCCOc1ccc(OCCCOC=NCCC)cc1. The molecule has 166 valence electrons. The van der Waals surface area contributed by atoms with E-state index in [-0.39, 0.29) is 0 Å². The highest BCUT2D eigenvalue weighted by atomic mass is 16.5. The van der Waals surface area contributed by atoms with E-state index in [0.717, 1.165) is 43.9 Å². The van der Waals surface area contributed by atoms with Gasteiger partial charge in [-0.2, -0.15) is 0 Å². The molecule has 0 unspecified atom stereocenters. The number of hydrogen-bond acceptors (Lipinski definition) is 4. The van der Waals surface area contributed by atoms with Crippen LogP contribution < -0.4 is 9.47 Å². The second kappa shape index (κ2) is 19.6. The Hall–Kier alpha value is -1.71. The molecule has 1 aromatic rings. The molecule has 0 saturated carbocycles. The molecule has 0 fully saturated rings. The topological polar surface area (TPSA) is 40.0 Å². The summed E-state index contributed by atoms with van der Waals surface area (Å²) in [6.07, 6.45) is 16.9. The van der Waals surface area contributed by atoms with Crippen LogP contribution in [-0.4, -0.2) is 32.8 Å². The highest BCUT2D eigenvalue weighted by Gasteiger charge is 1.98. The van der Waals surface area contributed by atoms with E-state index in [2.05, 4.69) is 18.8 Å². The molecule has 29 heavy (non-hydrogen) atoms. The molecule has 0 heterocycles. The molecule has 4 nitrogen and oxygen atoms in total. The summed E-state index contributed by atoms with van der Waals surface area (Å²) >= 11 is 0. The van der Waals surface area contributed by atoms with Gasteiger partial charge in [0, 0.05) is 13.0 Å². The lowest BCUT2D eigenvalue weighted by atomic mass is 10.1. The smallest absolute Gasteiger partial charge is 0.169 e. The standard InChI is InChI=1S/C25H43NO3/c1-3-5-6-7-8-9-10-11-12-13-21-28-24-15-17-25(18-16-24)29-22-14-20-27-23-26-19-4-2/h15-18,23H,3-14,19-22H2,1-2H3. The van der Waals surface area contributed by atoms with E-state index in [0.29, 0.717) is 13.2 Å². The van der Waals surface area contributed by atoms with E-state index in [1.807, 2.05) is 24.3 Å². The summed E-state index contributed by atoms with van der Waals surface area (Å²) in [4.78, 5) is 4.11. The fourth-order valence-electron chi connectivity index (χ4n) is 3.03. The molecule has 0 aliphatic heterocycles. The number of hydrogen-bond donors (Lipinski definition) is 0. The molecule has 4 heteroatoms. The molecule has 0 spiro atoms. The molecule has 0 aromatic heterocycles. The highest BCUT2D eigenvalue weighted by molar-refractivity contribution is 5.46. The third kappa shape index (κ3) is 15.8. The number of aliphatic imine (C=N–C) groups is 1. The van der Waals surface area contributed by atoms with E-state index in [9.17, 15) is 0 Å². The van der Waals surface area contributed by atoms with Crippen molar-refractivity contribution in [3.63, 3.8) is 0 Å². The molecule has 0 amide bonds. The van der Waals surface area contributed by atoms with Crippen LogP contribution in [0.2, 0.25) is 0 Å². The van der Waals surface area contributed by atoms with Crippen LogP contribution in [0.25, 0.3) is 0 Å². The van der Waals surface area contributed by atoms with E-state index in [1.165, 1.54) is 57.8 Å². The van der Waals surface area contributed by atoms with E-state index in [1.54, 1.807) is 6.40 Å². The van der Waals surface area contributed by atoms with Crippen molar-refractivity contribution in [3.05, 3.63) is 24.3 Å². The molecular formula is C25H43NO3. The lowest BCUT2D eigenvalue weighted by molar-refractivity contribution is 0.246. The summed E-state index contributed by atoms with van der Waals surface area (Å²) < 4.78 is 16.9. The molecule has 0 saturated heterocycles. The van der Waals surface area contributed by atoms with Gasteiger partial charge in [0.2, 0.25) is 0 Å². The first-order chi connectivity index (χ1) is 14.4. The lowest BCUT2D eigenvalue weighted by Crippen LogP contribution is -2.02. The molecule has 0 radical (unpaired) electrons. The molecule has 0 aliphatic rings. The Bertz CT molecular complexity index is 487. The van der Waals surface area contributed by atoms with Crippen molar-refractivity contribution >= 4 is 6.40 Å². The molecule has 0 aliphatic carbocycles. The maximum atomic E-state index is 5.83. The third-order valence-electron chi connectivity index (χ3n) is 4.77. The summed E-state index contributed by atoms with van der Waals surface area (Å²) in [6, 6.07) is 7.91. The minimum atomic E-state index is 0.632. The van der Waals surface area contributed by atoms with Crippen molar-refractivity contribution in [3.8, 4) is 11.5 Å². The van der Waals surface area contributed by atoms with Crippen LogP contribution in [0, 0.1) is 0 Å². The zero-order chi connectivity index (χ0) is 20.8. The first-order valence-electron chi connectivity index (χ1n) is 11.8. The monoisotopic (exact) mass is 405 g/mol. The Morgan fingerprint density at radius 2 is 1.14 bits per heavy atom. The summed E-state index contributed by atoms with van der Waals surface area (Å²) in [5, 5.41) is 0. The van der Waals surface area contributed by atoms with Gasteiger partial charge in [-0.15, -0.1) is 0 Å². The molecule has 0 bridgehead atoms. The van der Waals surface area contributed by atoms with Crippen molar-refractivity contribution in [1.29, 1.82) is 0 Å². The average Bonchev–Trinajstić information content (AvgIpc) is 2.75. The van der Waals surface area contributed by atoms with Gasteiger partial charge in [-0.3, -0.25) is 4.99 Å². The number of benzene rings is 1. The van der Waals surface area contributed by atoms with Gasteiger partial charge in [0.1, 0.15) is 11.5 Å². The first-order valence-corrected chi connectivity index (χ1v) is 11.8. The van der Waals surface area contributed by atoms with Gasteiger partial charge in [-0.25, -0.2) is 0 Å². The van der Waals surface area contributed by atoms with E-state index < -0.39 is 0 Å². The predicted molar refractivity (Wildman–Crippen MR) is 123 cm³/mol. The first kappa shape index (κ1) is 25.3. The molecule has 0 atom stereocenters. The Labute approximate surface area is 179 Å². The predicted octanol–water partition coefficient (Wildman–Crippen LogP) is 7.21. The molecule has 0 N–H and O–H groups in total. The normalized spacial score (nSPS) is 11.1. The second-order valence-corrected chi connectivity index (χ2v) is 7.59. The quantitative estimate of drug-likeness (QED) is 0.131. The van der Waals surface area contributed by atoms with Crippen LogP contribution in [0.15, 0.2) is 29.3 Å². The molecule has 1 aromatic carbocycles. The van der Waals surface area contributed by atoms with E-state index >= 15 is 0 Å². The fraction of sp³-hybridized carbons (Fsp3) is 0.720. The van der Waals surface area contributed by atoms with Crippen LogP contribution in [0.3, 0.4) is 0 Å². The Morgan fingerprint density at radius 3 is 1.69 bits per heavy atom. The van der Waals surface area contributed by atoms with Crippen molar-refractivity contribution in [2.24, 2.45) is 4.99 Å². The molecule has 1 rings (SSSR count). The zero-order valence-electron chi connectivity index (χ0n) is 18.9. The average molecular weight is 406 g/mol. The van der Waals surface area contributed by atoms with Crippen LogP contribution in [0.4, 0.5) is 0 Å². The number of nitrogens with zero attached hydrogens (tertiary/aromatic N) is 1. The third-order valence-corrected chi connectivity index (χ3v) is 4.77. The zero-order valence-corrected chi connectivity index (χ0v) is 18.9. The van der Waals surface area contributed by atoms with Gasteiger partial charge < -0.3 is 14.2 Å². The van der Waals surface area contributed by atoms with Crippen LogP contribution in [-0.2, 0) is 4.74 Å². The number of ether oxygens (including phenoxy) is 3. The van der Waals surface area contributed by atoms with Crippen LogP contribution in [0.5, 0.6) is 11.5 Å². The molecular weight excluding hydrogens is 362 g/mol.